The van der Waals surface area contributed by atoms with Crippen molar-refractivity contribution < 1.29 is 19.0 Å². The van der Waals surface area contributed by atoms with Gasteiger partial charge in [-0.05, 0) is 36.2 Å². The highest BCUT2D eigenvalue weighted by atomic mass is 32.1. The first-order chi connectivity index (χ1) is 13.1. The van der Waals surface area contributed by atoms with Crippen LogP contribution in [0.25, 0.3) is 10.6 Å². The Hall–Kier alpha value is -2.86. The molecule has 1 aromatic heterocycles. The van der Waals surface area contributed by atoms with Crippen LogP contribution in [-0.2, 0) is 22.6 Å². The molecular formula is C21H21NO4S. The van der Waals surface area contributed by atoms with Crippen LogP contribution in [-0.4, -0.2) is 25.2 Å². The zero-order valence-corrected chi connectivity index (χ0v) is 16.3. The monoisotopic (exact) mass is 383 g/mol. The fraction of sp³-hybridized carbons (Fsp3) is 0.238. The molecule has 0 amide bonds. The molecule has 0 saturated carbocycles. The molecule has 0 fully saturated rings. The van der Waals surface area contributed by atoms with Crippen molar-refractivity contribution in [2.45, 2.75) is 20.0 Å². The number of aryl methyl sites for hydroxylation is 1. The van der Waals surface area contributed by atoms with E-state index >= 15 is 0 Å². The maximum Gasteiger partial charge on any atom is 0.310 e. The number of aromatic nitrogens is 1. The van der Waals surface area contributed by atoms with Gasteiger partial charge in [0.15, 0.2) is 0 Å². The number of carbonyl (C=O) groups excluding carboxylic acids is 1. The minimum Gasteiger partial charge on any atom is -0.496 e. The molecule has 0 aliphatic heterocycles. The summed E-state index contributed by atoms with van der Waals surface area (Å²) in [5.74, 6) is 1.23. The molecule has 0 saturated heterocycles. The molecule has 0 spiro atoms. The number of para-hydroxylation sites is 1. The second-order valence-corrected chi connectivity index (χ2v) is 6.84. The van der Waals surface area contributed by atoms with Crippen LogP contribution >= 0.6 is 11.3 Å². The topological polar surface area (TPSA) is 57.7 Å². The lowest BCUT2D eigenvalue weighted by Crippen LogP contribution is -2.08. The Balaban J connectivity index is 1.61. The van der Waals surface area contributed by atoms with E-state index in [-0.39, 0.29) is 19.0 Å². The third-order valence-electron chi connectivity index (χ3n) is 4.09. The molecule has 2 aromatic carbocycles. The van der Waals surface area contributed by atoms with Gasteiger partial charge in [-0.1, -0.05) is 24.3 Å². The van der Waals surface area contributed by atoms with E-state index < -0.39 is 0 Å². The molecule has 0 bridgehead atoms. The van der Waals surface area contributed by atoms with Gasteiger partial charge in [-0.15, -0.1) is 11.3 Å². The van der Waals surface area contributed by atoms with Crippen molar-refractivity contribution in [3.63, 3.8) is 0 Å². The van der Waals surface area contributed by atoms with Gasteiger partial charge < -0.3 is 14.2 Å². The Morgan fingerprint density at radius 2 is 1.85 bits per heavy atom. The minimum atomic E-state index is -0.298. The number of hydrogen-bond acceptors (Lipinski definition) is 6. The van der Waals surface area contributed by atoms with Gasteiger partial charge in [0.05, 0.1) is 31.9 Å². The molecule has 6 heteroatoms. The van der Waals surface area contributed by atoms with Gasteiger partial charge in [-0.2, -0.15) is 0 Å². The molecule has 3 aromatic rings. The molecule has 3 rings (SSSR count). The summed E-state index contributed by atoms with van der Waals surface area (Å²) in [5.41, 5.74) is 3.53. The lowest BCUT2D eigenvalue weighted by molar-refractivity contribution is -0.144. The highest BCUT2D eigenvalue weighted by molar-refractivity contribution is 7.13. The van der Waals surface area contributed by atoms with Crippen LogP contribution in [0, 0.1) is 6.92 Å². The van der Waals surface area contributed by atoms with E-state index in [2.05, 4.69) is 4.98 Å². The summed E-state index contributed by atoms with van der Waals surface area (Å²) in [6.45, 7) is 2.11. The molecule has 27 heavy (non-hydrogen) atoms. The molecule has 1 heterocycles. The summed E-state index contributed by atoms with van der Waals surface area (Å²) in [6.07, 6.45) is 0.195. The average molecular weight is 383 g/mol. The number of hydrogen-bond donors (Lipinski definition) is 0. The van der Waals surface area contributed by atoms with Gasteiger partial charge in [0, 0.05) is 5.38 Å². The summed E-state index contributed by atoms with van der Waals surface area (Å²) in [7, 11) is 3.25. The van der Waals surface area contributed by atoms with Gasteiger partial charge in [-0.25, -0.2) is 4.98 Å². The predicted molar refractivity (Wildman–Crippen MR) is 105 cm³/mol. The van der Waals surface area contributed by atoms with Crippen LogP contribution in [0.1, 0.15) is 16.8 Å². The molecule has 0 radical (unpaired) electrons. The third-order valence-corrected chi connectivity index (χ3v) is 5.02. The molecule has 0 atom stereocenters. The predicted octanol–water partition coefficient (Wildman–Crippen LogP) is 4.42. The van der Waals surface area contributed by atoms with Crippen molar-refractivity contribution in [1.29, 1.82) is 0 Å². The van der Waals surface area contributed by atoms with Gasteiger partial charge in [-0.3, -0.25) is 4.79 Å². The largest absolute Gasteiger partial charge is 0.496 e. The van der Waals surface area contributed by atoms with E-state index in [0.29, 0.717) is 0 Å². The van der Waals surface area contributed by atoms with E-state index in [0.717, 1.165) is 38.9 Å². The lowest BCUT2D eigenvalue weighted by Gasteiger charge is -2.08. The number of rotatable bonds is 7. The van der Waals surface area contributed by atoms with Crippen molar-refractivity contribution in [3.05, 3.63) is 64.7 Å². The van der Waals surface area contributed by atoms with Gasteiger partial charge in [0.25, 0.3) is 0 Å². The molecule has 140 valence electrons. The molecule has 0 N–H and O–H groups in total. The number of esters is 1. The quantitative estimate of drug-likeness (QED) is 0.565. The number of benzene rings is 2. The standard InChI is InChI=1S/C21H21NO4S/c1-14-8-9-15(10-19(14)25-3)11-20(23)26-12-16-13-27-21(22-16)17-6-4-5-7-18(17)24-2/h4-10,13H,11-12H2,1-3H3. The summed E-state index contributed by atoms with van der Waals surface area (Å²) in [4.78, 5) is 16.7. The molecule has 5 nitrogen and oxygen atoms in total. The highest BCUT2D eigenvalue weighted by Gasteiger charge is 2.12. The number of ether oxygens (including phenoxy) is 3. The fourth-order valence-electron chi connectivity index (χ4n) is 2.66. The normalized spacial score (nSPS) is 10.5. The smallest absolute Gasteiger partial charge is 0.310 e. The summed E-state index contributed by atoms with van der Waals surface area (Å²) in [5, 5.41) is 2.73. The molecule has 0 aliphatic carbocycles. The number of thiazole rings is 1. The van der Waals surface area contributed by atoms with Crippen molar-refractivity contribution in [2.75, 3.05) is 14.2 Å². The van der Waals surface area contributed by atoms with E-state index in [1.807, 2.05) is 54.8 Å². The third kappa shape index (κ3) is 4.65. The van der Waals surface area contributed by atoms with Gasteiger partial charge >= 0.3 is 5.97 Å². The summed E-state index contributed by atoms with van der Waals surface area (Å²) >= 11 is 1.50. The Bertz CT molecular complexity index is 935. The van der Waals surface area contributed by atoms with E-state index in [1.165, 1.54) is 11.3 Å². The average Bonchev–Trinajstić information content (AvgIpc) is 3.16. The first kappa shape index (κ1) is 18.9. The SMILES string of the molecule is COc1cc(CC(=O)OCc2csc(-c3ccccc3OC)n2)ccc1C. The van der Waals surface area contributed by atoms with E-state index in [9.17, 15) is 4.79 Å². The Labute approximate surface area is 162 Å². The van der Waals surface area contributed by atoms with Crippen LogP contribution in [0.4, 0.5) is 0 Å². The van der Waals surface area contributed by atoms with Crippen molar-refractivity contribution in [2.24, 2.45) is 0 Å². The number of carbonyl (C=O) groups is 1. The highest BCUT2D eigenvalue weighted by Crippen LogP contribution is 2.32. The second-order valence-electron chi connectivity index (χ2n) is 5.99. The zero-order valence-electron chi connectivity index (χ0n) is 15.5. The summed E-state index contributed by atoms with van der Waals surface area (Å²) in [6, 6.07) is 13.4. The van der Waals surface area contributed by atoms with Crippen molar-refractivity contribution >= 4 is 17.3 Å². The molecule has 0 aliphatic rings. The van der Waals surface area contributed by atoms with E-state index in [4.69, 9.17) is 14.2 Å². The molecule has 0 unspecified atom stereocenters. The summed E-state index contributed by atoms with van der Waals surface area (Å²) < 4.78 is 16.0. The van der Waals surface area contributed by atoms with Gasteiger partial charge in [0.2, 0.25) is 0 Å². The zero-order chi connectivity index (χ0) is 19.2. The maximum absolute atomic E-state index is 12.1. The van der Waals surface area contributed by atoms with Crippen LogP contribution in [0.5, 0.6) is 11.5 Å². The van der Waals surface area contributed by atoms with Gasteiger partial charge in [0.1, 0.15) is 23.1 Å². The van der Waals surface area contributed by atoms with E-state index in [1.54, 1.807) is 14.2 Å². The van der Waals surface area contributed by atoms with Crippen molar-refractivity contribution in [1.82, 2.24) is 4.98 Å². The Kier molecular flexibility index (Phi) is 6.08. The first-order valence-electron chi connectivity index (χ1n) is 8.47. The second kappa shape index (κ2) is 8.68. The lowest BCUT2D eigenvalue weighted by atomic mass is 10.1. The van der Waals surface area contributed by atoms with Crippen LogP contribution in [0.2, 0.25) is 0 Å². The first-order valence-corrected chi connectivity index (χ1v) is 9.35. The molecular weight excluding hydrogens is 362 g/mol. The van der Waals surface area contributed by atoms with Crippen molar-refractivity contribution in [3.8, 4) is 22.1 Å². The minimum absolute atomic E-state index is 0.146. The Morgan fingerprint density at radius 3 is 2.63 bits per heavy atom. The van der Waals surface area contributed by atoms with Crippen LogP contribution in [0.15, 0.2) is 47.8 Å². The number of methoxy groups -OCH3 is 2. The van der Waals surface area contributed by atoms with Crippen LogP contribution in [0.3, 0.4) is 0 Å². The fourth-order valence-corrected chi connectivity index (χ4v) is 3.50. The maximum atomic E-state index is 12.1. The van der Waals surface area contributed by atoms with Crippen LogP contribution < -0.4 is 9.47 Å². The Morgan fingerprint density at radius 1 is 1.07 bits per heavy atom. The number of nitrogens with zero attached hydrogens (tertiary/aromatic N) is 1.